The first-order valence-corrected chi connectivity index (χ1v) is 8.52. The maximum Gasteiger partial charge on any atom is 0.223 e. The normalized spacial score (nSPS) is 25.3. The molecule has 1 aliphatic heterocycles. The van der Waals surface area contributed by atoms with Gasteiger partial charge in [0.1, 0.15) is 5.82 Å². The molecule has 1 aliphatic carbocycles. The molecule has 0 bridgehead atoms. The van der Waals surface area contributed by atoms with Crippen LogP contribution in [0.4, 0.5) is 4.39 Å². The summed E-state index contributed by atoms with van der Waals surface area (Å²) in [6, 6.07) is 4.61. The van der Waals surface area contributed by atoms with Gasteiger partial charge in [-0.1, -0.05) is 24.1 Å². The quantitative estimate of drug-likeness (QED) is 0.864. The van der Waals surface area contributed by atoms with Crippen molar-refractivity contribution >= 4 is 17.5 Å². The zero-order chi connectivity index (χ0) is 16.4. The van der Waals surface area contributed by atoms with E-state index in [1.807, 2.05) is 0 Å². The highest BCUT2D eigenvalue weighted by atomic mass is 35.5. The van der Waals surface area contributed by atoms with E-state index in [0.717, 1.165) is 19.3 Å². The number of benzene rings is 1. The highest BCUT2D eigenvalue weighted by Crippen LogP contribution is 2.28. The minimum atomic E-state index is -0.319. The van der Waals surface area contributed by atoms with Crippen molar-refractivity contribution in [2.75, 3.05) is 19.7 Å². The first kappa shape index (κ1) is 16.7. The molecular formula is C17H22ClFN2O2. The van der Waals surface area contributed by atoms with E-state index in [9.17, 15) is 14.3 Å². The zero-order valence-electron chi connectivity index (χ0n) is 13.0. The second kappa shape index (κ2) is 7.16. The van der Waals surface area contributed by atoms with Crippen LogP contribution in [0, 0.1) is 17.7 Å². The van der Waals surface area contributed by atoms with Gasteiger partial charge in [-0.3, -0.25) is 9.69 Å². The first-order valence-electron chi connectivity index (χ1n) is 8.14. The van der Waals surface area contributed by atoms with Gasteiger partial charge in [-0.05, 0) is 25.0 Å². The van der Waals surface area contributed by atoms with Crippen molar-refractivity contribution in [3.05, 3.63) is 34.6 Å². The first-order chi connectivity index (χ1) is 11.1. The number of likely N-dealkylation sites (tertiary alicyclic amines) is 1. The molecule has 126 valence electrons. The largest absolute Gasteiger partial charge is 0.396 e. The van der Waals surface area contributed by atoms with Crippen LogP contribution in [-0.4, -0.2) is 41.7 Å². The molecule has 1 heterocycles. The summed E-state index contributed by atoms with van der Waals surface area (Å²) in [5, 5.41) is 13.0. The molecule has 0 radical (unpaired) electrons. The van der Waals surface area contributed by atoms with Crippen molar-refractivity contribution in [1.29, 1.82) is 0 Å². The van der Waals surface area contributed by atoms with Crippen LogP contribution in [0.3, 0.4) is 0 Å². The molecule has 2 aliphatic rings. The number of aliphatic hydroxyl groups excluding tert-OH is 1. The zero-order valence-corrected chi connectivity index (χ0v) is 13.7. The number of carbonyl (C=O) groups is 1. The van der Waals surface area contributed by atoms with Crippen LogP contribution in [-0.2, 0) is 11.3 Å². The van der Waals surface area contributed by atoms with Crippen LogP contribution in [0.1, 0.15) is 24.8 Å². The fraction of sp³-hybridized carbons (Fsp3) is 0.588. The third kappa shape index (κ3) is 3.84. The van der Waals surface area contributed by atoms with Crippen molar-refractivity contribution in [2.45, 2.75) is 31.8 Å². The van der Waals surface area contributed by atoms with E-state index >= 15 is 0 Å². The Labute approximate surface area is 140 Å². The van der Waals surface area contributed by atoms with Crippen molar-refractivity contribution in [3.8, 4) is 0 Å². The molecule has 2 fully saturated rings. The summed E-state index contributed by atoms with van der Waals surface area (Å²) < 4.78 is 13.9. The number of halogens is 2. The van der Waals surface area contributed by atoms with Gasteiger partial charge in [0, 0.05) is 54.7 Å². The number of hydrogen-bond donors (Lipinski definition) is 2. The molecule has 4 nitrogen and oxygen atoms in total. The molecule has 1 aromatic rings. The monoisotopic (exact) mass is 340 g/mol. The van der Waals surface area contributed by atoms with Gasteiger partial charge in [-0.15, -0.1) is 0 Å². The van der Waals surface area contributed by atoms with Crippen LogP contribution in [0.5, 0.6) is 0 Å². The van der Waals surface area contributed by atoms with E-state index in [-0.39, 0.29) is 36.2 Å². The summed E-state index contributed by atoms with van der Waals surface area (Å²) in [6.45, 7) is 1.75. The summed E-state index contributed by atoms with van der Waals surface area (Å²) in [5.74, 6) is -0.0919. The highest BCUT2D eigenvalue weighted by Gasteiger charge is 2.35. The molecule has 1 saturated heterocycles. The van der Waals surface area contributed by atoms with Crippen molar-refractivity contribution < 1.29 is 14.3 Å². The fourth-order valence-electron chi connectivity index (χ4n) is 3.30. The van der Waals surface area contributed by atoms with Gasteiger partial charge < -0.3 is 10.4 Å². The molecule has 2 atom stereocenters. The van der Waals surface area contributed by atoms with E-state index in [0.29, 0.717) is 30.2 Å². The van der Waals surface area contributed by atoms with Gasteiger partial charge in [-0.25, -0.2) is 4.39 Å². The number of hydrogen-bond acceptors (Lipinski definition) is 3. The van der Waals surface area contributed by atoms with Crippen LogP contribution >= 0.6 is 11.6 Å². The summed E-state index contributed by atoms with van der Waals surface area (Å²) in [4.78, 5) is 14.2. The summed E-state index contributed by atoms with van der Waals surface area (Å²) in [6.07, 6.45) is 3.04. The van der Waals surface area contributed by atoms with Crippen LogP contribution < -0.4 is 5.32 Å². The Morgan fingerprint density at radius 1 is 1.39 bits per heavy atom. The lowest BCUT2D eigenvalue weighted by Gasteiger charge is -2.27. The smallest absolute Gasteiger partial charge is 0.223 e. The van der Waals surface area contributed by atoms with Gasteiger partial charge in [0.05, 0.1) is 0 Å². The summed E-state index contributed by atoms with van der Waals surface area (Å²) in [5.41, 5.74) is 0.581. The van der Waals surface area contributed by atoms with Crippen molar-refractivity contribution in [3.63, 3.8) is 0 Å². The van der Waals surface area contributed by atoms with E-state index in [1.165, 1.54) is 6.07 Å². The summed E-state index contributed by atoms with van der Waals surface area (Å²) >= 11 is 5.77. The second-order valence-electron chi connectivity index (χ2n) is 6.62. The molecular weight excluding hydrogens is 319 g/mol. The molecule has 1 amide bonds. The molecule has 3 rings (SSSR count). The number of aliphatic hydroxyl groups is 1. The van der Waals surface area contributed by atoms with Gasteiger partial charge in [0.25, 0.3) is 0 Å². The number of nitrogens with zero attached hydrogens (tertiary/aromatic N) is 1. The maximum absolute atomic E-state index is 13.9. The maximum atomic E-state index is 13.9. The van der Waals surface area contributed by atoms with Gasteiger partial charge in [0.15, 0.2) is 0 Å². The predicted octanol–water partition coefficient (Wildman–Crippen LogP) is 2.19. The molecule has 6 heteroatoms. The predicted molar refractivity (Wildman–Crippen MR) is 86.5 cm³/mol. The third-order valence-electron chi connectivity index (χ3n) is 4.96. The van der Waals surface area contributed by atoms with Crippen molar-refractivity contribution in [2.24, 2.45) is 11.8 Å². The van der Waals surface area contributed by atoms with E-state index in [2.05, 4.69) is 10.2 Å². The molecule has 23 heavy (non-hydrogen) atoms. The Balaban J connectivity index is 1.60. The molecule has 0 aromatic heterocycles. The third-order valence-corrected chi connectivity index (χ3v) is 5.20. The van der Waals surface area contributed by atoms with E-state index in [4.69, 9.17) is 11.6 Å². The molecule has 0 spiro atoms. The Morgan fingerprint density at radius 3 is 2.78 bits per heavy atom. The fourth-order valence-corrected chi connectivity index (χ4v) is 3.46. The van der Waals surface area contributed by atoms with Gasteiger partial charge in [-0.2, -0.15) is 0 Å². The van der Waals surface area contributed by atoms with Gasteiger partial charge in [0.2, 0.25) is 5.91 Å². The second-order valence-corrected chi connectivity index (χ2v) is 7.05. The van der Waals surface area contributed by atoms with Crippen LogP contribution in [0.2, 0.25) is 5.02 Å². The number of amides is 1. The summed E-state index contributed by atoms with van der Waals surface area (Å²) in [7, 11) is 0. The lowest BCUT2D eigenvalue weighted by molar-refractivity contribution is -0.128. The Kier molecular flexibility index (Phi) is 5.19. The number of nitrogens with one attached hydrogen (secondary N) is 1. The molecule has 1 aromatic carbocycles. The van der Waals surface area contributed by atoms with E-state index < -0.39 is 0 Å². The van der Waals surface area contributed by atoms with Gasteiger partial charge >= 0.3 is 0 Å². The topological polar surface area (TPSA) is 52.6 Å². The average molecular weight is 341 g/mol. The molecule has 0 unspecified atom stereocenters. The average Bonchev–Trinajstić information content (AvgIpc) is 2.81. The number of carbonyl (C=O) groups excluding carboxylic acids is 1. The Bertz CT molecular complexity index is 580. The van der Waals surface area contributed by atoms with E-state index in [1.54, 1.807) is 12.1 Å². The number of rotatable bonds is 5. The molecule has 1 saturated carbocycles. The SMILES string of the molecule is O=C(N[C@@H]1CN(Cc2ccc(Cl)cc2F)C[C@H]1CO)C1CCC1. The standard InChI is InChI=1S/C17H22ClFN2O2/c18-14-5-4-12(15(19)6-14)7-21-8-13(10-22)16(9-21)20-17(23)11-2-1-3-11/h4-6,11,13,16,22H,1-3,7-10H2,(H,20,23)/t13-,16+/m0/s1. The van der Waals surface area contributed by atoms with Crippen LogP contribution in [0.25, 0.3) is 0 Å². The molecule has 2 N–H and O–H groups in total. The van der Waals surface area contributed by atoms with Crippen LogP contribution in [0.15, 0.2) is 18.2 Å². The lowest BCUT2D eigenvalue weighted by Crippen LogP contribution is -2.45. The minimum absolute atomic E-state index is 0.00520. The Morgan fingerprint density at radius 2 is 2.17 bits per heavy atom. The lowest BCUT2D eigenvalue weighted by atomic mass is 9.84. The Hall–Kier alpha value is -1.17. The minimum Gasteiger partial charge on any atom is -0.396 e. The van der Waals surface area contributed by atoms with Crippen molar-refractivity contribution in [1.82, 2.24) is 10.2 Å². The highest BCUT2D eigenvalue weighted by molar-refractivity contribution is 6.30.